The molecule has 1 aliphatic heterocycles. The van der Waals surface area contributed by atoms with Crippen molar-refractivity contribution in [1.82, 2.24) is 19.2 Å². The number of nitrogens with one attached hydrogen (secondary N) is 1. The lowest BCUT2D eigenvalue weighted by atomic mass is 10.1. The molecule has 128 valence electrons. The van der Waals surface area contributed by atoms with Gasteiger partial charge in [-0.15, -0.1) is 0 Å². The smallest absolute Gasteiger partial charge is 0.354 e. The zero-order chi connectivity index (χ0) is 17.4. The molecule has 0 aliphatic carbocycles. The maximum absolute atomic E-state index is 14.3. The third-order valence-electron chi connectivity index (χ3n) is 3.64. The van der Waals surface area contributed by atoms with E-state index < -0.39 is 23.1 Å². The van der Waals surface area contributed by atoms with Crippen LogP contribution in [-0.4, -0.2) is 33.0 Å². The van der Waals surface area contributed by atoms with E-state index in [0.717, 1.165) is 16.8 Å². The molecule has 0 saturated heterocycles. The van der Waals surface area contributed by atoms with E-state index in [1.165, 1.54) is 4.68 Å². The van der Waals surface area contributed by atoms with E-state index in [9.17, 15) is 18.8 Å². The highest BCUT2D eigenvalue weighted by Gasteiger charge is 2.23. The number of nitrogens with zero attached hydrogens (tertiary/aromatic N) is 3. The molecule has 0 saturated carbocycles. The molecule has 24 heavy (non-hydrogen) atoms. The molecule has 3 rings (SSSR count). The topological polar surface area (TPSA) is 87.3 Å². The summed E-state index contributed by atoms with van der Waals surface area (Å²) in [5.41, 5.74) is -1.80. The van der Waals surface area contributed by atoms with Crippen LogP contribution in [0.5, 0.6) is 0 Å². The quantitative estimate of drug-likeness (QED) is 0.858. The van der Waals surface area contributed by atoms with Crippen molar-refractivity contribution in [2.24, 2.45) is 0 Å². The molecule has 1 aromatic carbocycles. The second-order valence-electron chi connectivity index (χ2n) is 5.10. The summed E-state index contributed by atoms with van der Waals surface area (Å²) >= 11 is 5.90. The number of rotatable bonds is 3. The zero-order valence-corrected chi connectivity index (χ0v) is 13.5. The first kappa shape index (κ1) is 16.5. The average molecular weight is 357 g/mol. The minimum absolute atomic E-state index is 0.0216. The predicted octanol–water partition coefficient (Wildman–Crippen LogP) is 0.331. The highest BCUT2D eigenvalue weighted by molar-refractivity contribution is 6.33. The van der Waals surface area contributed by atoms with Gasteiger partial charge < -0.3 is 10.1 Å². The number of carbonyl (C=O) groups excluding carboxylic acids is 1. The Morgan fingerprint density at radius 2 is 2.04 bits per heavy atom. The summed E-state index contributed by atoms with van der Waals surface area (Å²) in [6.45, 7) is 2.42. The molecule has 1 amide bonds. The minimum atomic E-state index is -0.878. The summed E-state index contributed by atoms with van der Waals surface area (Å²) in [7, 11) is 0. The van der Waals surface area contributed by atoms with Gasteiger partial charge in [0.2, 0.25) is 0 Å². The fourth-order valence-corrected chi connectivity index (χ4v) is 2.74. The van der Waals surface area contributed by atoms with Crippen molar-refractivity contribution in [2.45, 2.75) is 20.2 Å². The van der Waals surface area contributed by atoms with Crippen LogP contribution in [0.15, 0.2) is 21.7 Å². The first-order valence-corrected chi connectivity index (χ1v) is 7.61. The highest BCUT2D eigenvalue weighted by Crippen LogP contribution is 2.22. The number of fused-ring (bicyclic) bond motifs is 1. The van der Waals surface area contributed by atoms with Crippen molar-refractivity contribution in [3.63, 3.8) is 0 Å². The summed E-state index contributed by atoms with van der Waals surface area (Å²) in [5, 5.41) is 2.43. The van der Waals surface area contributed by atoms with Gasteiger partial charge >= 0.3 is 11.4 Å². The molecule has 0 atom stereocenters. The second-order valence-corrected chi connectivity index (χ2v) is 5.51. The number of ether oxygens (including phenoxy) is 1. The zero-order valence-electron chi connectivity index (χ0n) is 12.7. The molecular weight excluding hydrogens is 343 g/mol. The first-order valence-electron chi connectivity index (χ1n) is 7.23. The fourth-order valence-electron chi connectivity index (χ4n) is 2.51. The lowest BCUT2D eigenvalue weighted by Crippen LogP contribution is -2.33. The van der Waals surface area contributed by atoms with Gasteiger partial charge in [-0.2, -0.15) is 0 Å². The lowest BCUT2D eigenvalue weighted by Gasteiger charge is -2.14. The summed E-state index contributed by atoms with van der Waals surface area (Å²) in [5.74, 6) is -1.40. The van der Waals surface area contributed by atoms with Crippen molar-refractivity contribution >= 4 is 17.5 Å². The van der Waals surface area contributed by atoms with Crippen LogP contribution in [0.4, 0.5) is 4.39 Å². The Hall–Kier alpha value is -2.39. The summed E-state index contributed by atoms with van der Waals surface area (Å²) in [4.78, 5) is 36.8. The third kappa shape index (κ3) is 2.55. The molecule has 0 radical (unpaired) electrons. The van der Waals surface area contributed by atoms with E-state index in [1.807, 2.05) is 0 Å². The summed E-state index contributed by atoms with van der Waals surface area (Å²) in [6, 6.07) is 2.00. The minimum Gasteiger partial charge on any atom is -0.357 e. The maximum Gasteiger partial charge on any atom is 0.354 e. The van der Waals surface area contributed by atoms with Crippen molar-refractivity contribution in [3.8, 4) is 5.69 Å². The molecule has 10 heteroatoms. The molecule has 0 unspecified atom stereocenters. The molecule has 1 aromatic heterocycles. The highest BCUT2D eigenvalue weighted by atomic mass is 35.5. The molecule has 2 aromatic rings. The van der Waals surface area contributed by atoms with Crippen molar-refractivity contribution < 1.29 is 13.9 Å². The van der Waals surface area contributed by atoms with E-state index in [0.29, 0.717) is 11.1 Å². The molecule has 1 aliphatic rings. The molecule has 8 nitrogen and oxygen atoms in total. The molecule has 0 spiro atoms. The van der Waals surface area contributed by atoms with Gasteiger partial charge in [-0.05, 0) is 19.1 Å². The van der Waals surface area contributed by atoms with Crippen molar-refractivity contribution in [1.29, 1.82) is 0 Å². The maximum atomic E-state index is 14.3. The van der Waals surface area contributed by atoms with Gasteiger partial charge in [-0.3, -0.25) is 4.79 Å². The number of aromatic nitrogens is 3. The molecule has 2 heterocycles. The second kappa shape index (κ2) is 6.25. The lowest BCUT2D eigenvalue weighted by molar-refractivity contribution is 0.0119. The summed E-state index contributed by atoms with van der Waals surface area (Å²) in [6.07, 6.45) is 0. The monoisotopic (exact) mass is 356 g/mol. The van der Waals surface area contributed by atoms with E-state index in [2.05, 4.69) is 5.32 Å². The predicted molar refractivity (Wildman–Crippen MR) is 83.2 cm³/mol. The van der Waals surface area contributed by atoms with Gasteiger partial charge in [-0.1, -0.05) is 11.6 Å². The van der Waals surface area contributed by atoms with Gasteiger partial charge in [0, 0.05) is 6.54 Å². The average Bonchev–Trinajstić information content (AvgIpc) is 2.80. The van der Waals surface area contributed by atoms with Crippen LogP contribution in [0.2, 0.25) is 5.02 Å². The van der Waals surface area contributed by atoms with Crippen molar-refractivity contribution in [2.75, 3.05) is 13.2 Å². The molecule has 1 N–H and O–H groups in total. The van der Waals surface area contributed by atoms with Crippen molar-refractivity contribution in [3.05, 3.63) is 49.5 Å². The number of benzene rings is 1. The van der Waals surface area contributed by atoms with E-state index in [1.54, 1.807) is 6.92 Å². The number of amides is 1. The van der Waals surface area contributed by atoms with Crippen LogP contribution < -0.4 is 16.7 Å². The Morgan fingerprint density at radius 1 is 1.33 bits per heavy atom. The van der Waals surface area contributed by atoms with Gasteiger partial charge in [0.25, 0.3) is 5.91 Å². The summed E-state index contributed by atoms with van der Waals surface area (Å²) < 4.78 is 22.4. The van der Waals surface area contributed by atoms with Gasteiger partial charge in [0.1, 0.15) is 12.5 Å². The molecule has 0 bridgehead atoms. The van der Waals surface area contributed by atoms with Crippen LogP contribution in [-0.2, 0) is 18.0 Å². The Kier molecular flexibility index (Phi) is 4.29. The van der Waals surface area contributed by atoms with E-state index in [-0.39, 0.29) is 36.2 Å². The molecular formula is C14H14ClFN4O4. The Morgan fingerprint density at radius 3 is 2.71 bits per heavy atom. The van der Waals surface area contributed by atoms with Gasteiger partial charge in [0.05, 0.1) is 29.4 Å². The fraction of sp³-hybridized carbons (Fsp3) is 0.357. The standard InChI is InChI=1S/C14H14ClFN4O4/c1-2-17-12(21)8-5-11(10(16)6-9(8)15)20-13(22)18-3-4-24-7-19(18)14(20)23/h5-6H,2-4,7H2,1H3,(H,17,21). The van der Waals surface area contributed by atoms with Gasteiger partial charge in [0.15, 0.2) is 0 Å². The Bertz CT molecular complexity index is 893. The third-order valence-corrected chi connectivity index (χ3v) is 3.95. The van der Waals surface area contributed by atoms with Crippen LogP contribution >= 0.6 is 11.6 Å². The SMILES string of the molecule is CCNC(=O)c1cc(-n2c(=O)n3n(c2=O)COCC3)c(F)cc1Cl. The first-order chi connectivity index (χ1) is 11.5. The van der Waals surface area contributed by atoms with E-state index in [4.69, 9.17) is 16.3 Å². The van der Waals surface area contributed by atoms with Crippen LogP contribution in [0.3, 0.4) is 0 Å². The number of carbonyl (C=O) groups is 1. The number of hydrogen-bond donors (Lipinski definition) is 1. The van der Waals surface area contributed by atoms with Gasteiger partial charge in [-0.25, -0.2) is 27.9 Å². The number of hydrogen-bond acceptors (Lipinski definition) is 4. The largest absolute Gasteiger partial charge is 0.357 e. The Labute approximate surface area is 140 Å². The van der Waals surface area contributed by atoms with Crippen LogP contribution in [0.1, 0.15) is 17.3 Å². The normalized spacial score (nSPS) is 13.6. The number of halogens is 2. The van der Waals surface area contributed by atoms with E-state index >= 15 is 0 Å². The molecule has 0 fully saturated rings. The van der Waals surface area contributed by atoms with Crippen LogP contribution in [0, 0.1) is 5.82 Å². The van der Waals surface area contributed by atoms with Crippen LogP contribution in [0.25, 0.3) is 5.69 Å². The Balaban J connectivity index is 2.22.